The number of carbonyl (C=O) groups is 1. The number of carbonyl (C=O) groups excluding carboxylic acids is 1. The van der Waals surface area contributed by atoms with E-state index in [0.717, 1.165) is 0 Å². The van der Waals surface area contributed by atoms with Crippen LogP contribution in [0.5, 0.6) is 0 Å². The number of aromatic nitrogens is 2. The summed E-state index contributed by atoms with van der Waals surface area (Å²) < 4.78 is 102. The van der Waals surface area contributed by atoms with Crippen LogP contribution in [-0.4, -0.2) is 21.9 Å². The molecule has 12 heteroatoms. The van der Waals surface area contributed by atoms with Crippen molar-refractivity contribution in [2.75, 3.05) is 0 Å². The van der Waals surface area contributed by atoms with E-state index in [-0.39, 0.29) is 4.68 Å². The van der Waals surface area contributed by atoms with Crippen LogP contribution >= 0.6 is 0 Å². The van der Waals surface area contributed by atoms with Gasteiger partial charge in [0, 0.05) is 7.05 Å². The summed E-state index contributed by atoms with van der Waals surface area (Å²) in [7, 11) is 0.698. The lowest BCUT2D eigenvalue weighted by atomic mass is 10.1. The molecule has 0 saturated heterocycles. The van der Waals surface area contributed by atoms with E-state index in [2.05, 4.69) is 10.8 Å². The number of hydrogen-bond donors (Lipinski definition) is 1. The number of rotatable bonds is 3. The second-order valence-corrected chi connectivity index (χ2v) is 4.01. The molecule has 1 aromatic heterocycles. The van der Waals surface area contributed by atoms with Crippen molar-refractivity contribution in [3.63, 3.8) is 0 Å². The Labute approximate surface area is 111 Å². The average molecular weight is 325 g/mol. The Hall–Kier alpha value is -1.88. The normalized spacial score (nSPS) is 13.6. The maximum absolute atomic E-state index is 13.2. The zero-order valence-electron chi connectivity index (χ0n) is 10.1. The van der Waals surface area contributed by atoms with Crippen molar-refractivity contribution >= 4 is 5.91 Å². The van der Waals surface area contributed by atoms with Gasteiger partial charge in [-0.1, -0.05) is 0 Å². The number of aryl methyl sites for hydroxylation is 1. The molecule has 1 amide bonds. The minimum Gasteiger partial charge on any atom is -0.369 e. The summed E-state index contributed by atoms with van der Waals surface area (Å²) in [6.07, 6.45) is -13.0. The zero-order chi connectivity index (χ0) is 16.8. The SMILES string of the molecule is Cn1nc(C(F)(F)C(F)(F)F)c(C(F)(F)F)c1CC(N)=O. The molecule has 0 aliphatic rings. The molecule has 0 fully saturated rings. The summed E-state index contributed by atoms with van der Waals surface area (Å²) in [6.45, 7) is 0. The quantitative estimate of drug-likeness (QED) is 0.866. The van der Waals surface area contributed by atoms with Gasteiger partial charge in [0.05, 0.1) is 12.1 Å². The minimum atomic E-state index is -6.27. The molecule has 0 aromatic carbocycles. The lowest BCUT2D eigenvalue weighted by Crippen LogP contribution is -2.36. The Bertz CT molecular complexity index is 557. The third-order valence-corrected chi connectivity index (χ3v) is 2.44. The molecule has 1 heterocycles. The summed E-state index contributed by atoms with van der Waals surface area (Å²) >= 11 is 0. The number of hydrogen-bond acceptors (Lipinski definition) is 2. The monoisotopic (exact) mass is 325 g/mol. The summed E-state index contributed by atoms with van der Waals surface area (Å²) in [6, 6.07) is 0. The third kappa shape index (κ3) is 3.08. The van der Waals surface area contributed by atoms with Crippen LogP contribution in [0, 0.1) is 0 Å². The van der Waals surface area contributed by atoms with Gasteiger partial charge in [-0.3, -0.25) is 9.48 Å². The van der Waals surface area contributed by atoms with Crippen molar-refractivity contribution in [2.24, 2.45) is 12.8 Å². The van der Waals surface area contributed by atoms with Crippen LogP contribution in [0.2, 0.25) is 0 Å². The van der Waals surface area contributed by atoms with Crippen molar-refractivity contribution in [3.05, 3.63) is 17.0 Å². The van der Waals surface area contributed by atoms with Gasteiger partial charge in [-0.25, -0.2) is 0 Å². The molecule has 120 valence electrons. The molecule has 1 rings (SSSR count). The van der Waals surface area contributed by atoms with Crippen LogP contribution in [0.15, 0.2) is 0 Å². The fraction of sp³-hybridized carbons (Fsp3) is 0.556. The summed E-state index contributed by atoms with van der Waals surface area (Å²) in [4.78, 5) is 10.7. The number of amides is 1. The van der Waals surface area contributed by atoms with Crippen molar-refractivity contribution in [2.45, 2.75) is 24.7 Å². The topological polar surface area (TPSA) is 60.9 Å². The second kappa shape index (κ2) is 4.84. The van der Waals surface area contributed by atoms with Gasteiger partial charge in [0.15, 0.2) is 5.69 Å². The number of nitrogens with zero attached hydrogens (tertiary/aromatic N) is 2. The van der Waals surface area contributed by atoms with E-state index in [1.807, 2.05) is 0 Å². The fourth-order valence-electron chi connectivity index (χ4n) is 1.58. The summed E-state index contributed by atoms with van der Waals surface area (Å²) in [5, 5.41) is 2.59. The summed E-state index contributed by atoms with van der Waals surface area (Å²) in [5.74, 6) is -7.17. The first-order valence-electron chi connectivity index (χ1n) is 5.06. The van der Waals surface area contributed by atoms with E-state index in [0.29, 0.717) is 7.05 Å². The highest BCUT2D eigenvalue weighted by Gasteiger charge is 2.63. The van der Waals surface area contributed by atoms with Gasteiger partial charge in [0.2, 0.25) is 5.91 Å². The Morgan fingerprint density at radius 1 is 1.14 bits per heavy atom. The molecule has 0 radical (unpaired) electrons. The fourth-order valence-corrected chi connectivity index (χ4v) is 1.58. The predicted molar refractivity (Wildman–Crippen MR) is 51.1 cm³/mol. The van der Waals surface area contributed by atoms with Gasteiger partial charge >= 0.3 is 18.3 Å². The molecule has 0 unspecified atom stereocenters. The van der Waals surface area contributed by atoms with Crippen LogP contribution in [0.1, 0.15) is 17.0 Å². The molecule has 0 spiro atoms. The zero-order valence-corrected chi connectivity index (χ0v) is 10.1. The largest absolute Gasteiger partial charge is 0.459 e. The van der Waals surface area contributed by atoms with Crippen molar-refractivity contribution < 1.29 is 39.9 Å². The second-order valence-electron chi connectivity index (χ2n) is 4.01. The minimum absolute atomic E-state index is 0.128. The Kier molecular flexibility index (Phi) is 3.96. The molecule has 2 N–H and O–H groups in total. The maximum atomic E-state index is 13.2. The van der Waals surface area contributed by atoms with Gasteiger partial charge in [-0.2, -0.15) is 40.2 Å². The predicted octanol–water partition coefficient (Wildman–Crippen LogP) is 2.12. The van der Waals surface area contributed by atoms with Crippen molar-refractivity contribution in [1.82, 2.24) is 9.78 Å². The van der Waals surface area contributed by atoms with E-state index in [1.165, 1.54) is 0 Å². The van der Waals surface area contributed by atoms with E-state index in [1.54, 1.807) is 0 Å². The molecule has 0 aliphatic carbocycles. The Balaban J connectivity index is 3.66. The van der Waals surface area contributed by atoms with Crippen LogP contribution in [0.25, 0.3) is 0 Å². The smallest absolute Gasteiger partial charge is 0.369 e. The maximum Gasteiger partial charge on any atom is 0.459 e. The van der Waals surface area contributed by atoms with Crippen LogP contribution < -0.4 is 5.73 Å². The van der Waals surface area contributed by atoms with Gasteiger partial charge < -0.3 is 5.73 Å². The first kappa shape index (κ1) is 17.2. The van der Waals surface area contributed by atoms with Crippen molar-refractivity contribution in [3.8, 4) is 0 Å². The van der Waals surface area contributed by atoms with Crippen LogP contribution in [0.3, 0.4) is 0 Å². The molecule has 0 saturated carbocycles. The first-order valence-corrected chi connectivity index (χ1v) is 5.06. The molecule has 0 aliphatic heterocycles. The molecule has 4 nitrogen and oxygen atoms in total. The Morgan fingerprint density at radius 2 is 1.62 bits per heavy atom. The lowest BCUT2D eigenvalue weighted by Gasteiger charge is -2.19. The van der Waals surface area contributed by atoms with E-state index >= 15 is 0 Å². The van der Waals surface area contributed by atoms with Crippen LogP contribution in [-0.2, 0) is 30.4 Å². The van der Waals surface area contributed by atoms with Crippen molar-refractivity contribution in [1.29, 1.82) is 0 Å². The van der Waals surface area contributed by atoms with Gasteiger partial charge in [0.1, 0.15) is 5.56 Å². The highest BCUT2D eigenvalue weighted by atomic mass is 19.4. The molecular formula is C9H7F8N3O. The molecule has 1 aromatic rings. The van der Waals surface area contributed by atoms with Gasteiger partial charge in [0.25, 0.3) is 0 Å². The Morgan fingerprint density at radius 3 is 1.95 bits per heavy atom. The van der Waals surface area contributed by atoms with Gasteiger partial charge in [-0.05, 0) is 0 Å². The average Bonchev–Trinajstić information content (AvgIpc) is 2.53. The molecular weight excluding hydrogens is 318 g/mol. The number of nitrogens with two attached hydrogens (primary N) is 1. The number of primary amides is 1. The van der Waals surface area contributed by atoms with E-state index in [4.69, 9.17) is 0 Å². The molecule has 0 atom stereocenters. The third-order valence-electron chi connectivity index (χ3n) is 2.44. The lowest BCUT2D eigenvalue weighted by molar-refractivity contribution is -0.292. The molecule has 21 heavy (non-hydrogen) atoms. The van der Waals surface area contributed by atoms with Crippen LogP contribution in [0.4, 0.5) is 35.1 Å². The summed E-state index contributed by atoms with van der Waals surface area (Å²) in [5.41, 5.74) is -1.35. The standard InChI is InChI=1S/C9H7F8N3O/c1-20-3(2-4(18)21)5(8(12,13)14)6(19-20)7(10,11)9(15,16)17/h2H2,1H3,(H2,18,21). The van der Waals surface area contributed by atoms with Gasteiger partial charge in [-0.15, -0.1) is 0 Å². The molecule has 0 bridgehead atoms. The first-order chi connectivity index (χ1) is 9.19. The van der Waals surface area contributed by atoms with E-state index in [9.17, 15) is 39.9 Å². The number of halogens is 8. The van der Waals surface area contributed by atoms with E-state index < -0.39 is 47.6 Å². The number of alkyl halides is 8. The highest BCUT2D eigenvalue weighted by molar-refractivity contribution is 5.76. The highest BCUT2D eigenvalue weighted by Crippen LogP contribution is 2.48.